The van der Waals surface area contributed by atoms with Gasteiger partial charge in [0.25, 0.3) is 5.91 Å². The first-order valence-corrected chi connectivity index (χ1v) is 9.26. The maximum absolute atomic E-state index is 12.6. The summed E-state index contributed by atoms with van der Waals surface area (Å²) in [5, 5.41) is 2.66. The van der Waals surface area contributed by atoms with Gasteiger partial charge in [0, 0.05) is 26.3 Å². The van der Waals surface area contributed by atoms with Gasteiger partial charge in [0.2, 0.25) is 0 Å². The van der Waals surface area contributed by atoms with E-state index in [4.69, 9.17) is 30.5 Å². The second-order valence-electron chi connectivity index (χ2n) is 6.34. The molecule has 29 heavy (non-hydrogen) atoms. The summed E-state index contributed by atoms with van der Waals surface area (Å²) < 4.78 is 21.2. The molecule has 0 bridgehead atoms. The molecule has 10 heteroatoms. The lowest BCUT2D eigenvalue weighted by atomic mass is 9.97. The largest absolute Gasteiger partial charge is 0.463 e. The lowest BCUT2D eigenvalue weighted by Crippen LogP contribution is -2.65. The fraction of sp³-hybridized carbons (Fsp3) is 0.474. The Hall–Kier alpha value is -2.65. The Morgan fingerprint density at radius 2 is 1.55 bits per heavy atom. The zero-order chi connectivity index (χ0) is 21.6. The third-order valence-corrected chi connectivity index (χ3v) is 4.39. The number of benzene rings is 1. The van der Waals surface area contributed by atoms with Crippen molar-refractivity contribution in [3.63, 3.8) is 0 Å². The predicted molar refractivity (Wildman–Crippen MR) is 100.0 cm³/mol. The van der Waals surface area contributed by atoms with Crippen LogP contribution in [-0.2, 0) is 33.3 Å². The molecule has 1 fully saturated rings. The molecule has 5 atom stereocenters. The first-order valence-electron chi connectivity index (χ1n) is 8.82. The SMILES string of the molecule is CC(=O)OC[C@H]1O[C@H](Cl)[C@H](NC(=O)c2ccccc2)[C@@H](OC(C)=O)[C@@H]1OC(C)=O. The molecule has 1 aromatic carbocycles. The molecule has 1 saturated heterocycles. The van der Waals surface area contributed by atoms with Crippen LogP contribution in [0.25, 0.3) is 0 Å². The van der Waals surface area contributed by atoms with E-state index < -0.39 is 53.7 Å². The molecule has 0 radical (unpaired) electrons. The van der Waals surface area contributed by atoms with Crippen LogP contribution in [-0.4, -0.2) is 60.3 Å². The average molecular weight is 428 g/mol. The van der Waals surface area contributed by atoms with E-state index in [1.165, 1.54) is 13.8 Å². The summed E-state index contributed by atoms with van der Waals surface area (Å²) in [5.41, 5.74) is -0.802. The quantitative estimate of drug-likeness (QED) is 0.408. The minimum atomic E-state index is -1.17. The van der Waals surface area contributed by atoms with Gasteiger partial charge in [-0.05, 0) is 12.1 Å². The minimum absolute atomic E-state index is 0.284. The molecular weight excluding hydrogens is 406 g/mol. The number of esters is 3. The van der Waals surface area contributed by atoms with Gasteiger partial charge in [0.05, 0.1) is 0 Å². The highest BCUT2D eigenvalue weighted by Gasteiger charge is 2.50. The number of hydrogen-bond donors (Lipinski definition) is 1. The van der Waals surface area contributed by atoms with Crippen molar-refractivity contribution in [1.29, 1.82) is 0 Å². The Morgan fingerprint density at radius 3 is 2.10 bits per heavy atom. The molecule has 1 N–H and O–H groups in total. The molecule has 1 aromatic rings. The van der Waals surface area contributed by atoms with Crippen LogP contribution in [0.4, 0.5) is 0 Å². The number of nitrogens with one attached hydrogen (secondary N) is 1. The number of halogens is 1. The summed E-state index contributed by atoms with van der Waals surface area (Å²) in [6.07, 6.45) is -3.33. The van der Waals surface area contributed by atoms with Gasteiger partial charge in [-0.25, -0.2) is 0 Å². The lowest BCUT2D eigenvalue weighted by molar-refractivity contribution is -0.211. The van der Waals surface area contributed by atoms with E-state index in [2.05, 4.69) is 5.32 Å². The summed E-state index contributed by atoms with van der Waals surface area (Å²) in [4.78, 5) is 47.0. The van der Waals surface area contributed by atoms with E-state index in [0.717, 1.165) is 6.92 Å². The molecule has 158 valence electrons. The van der Waals surface area contributed by atoms with Crippen molar-refractivity contribution < 1.29 is 38.1 Å². The zero-order valence-electron chi connectivity index (χ0n) is 16.1. The van der Waals surface area contributed by atoms with Crippen molar-refractivity contribution >= 4 is 35.4 Å². The highest BCUT2D eigenvalue weighted by molar-refractivity contribution is 6.20. The fourth-order valence-corrected chi connectivity index (χ4v) is 3.20. The summed E-state index contributed by atoms with van der Waals surface area (Å²) >= 11 is 6.30. The smallest absolute Gasteiger partial charge is 0.303 e. The molecule has 1 amide bonds. The fourth-order valence-electron chi connectivity index (χ4n) is 2.87. The van der Waals surface area contributed by atoms with Gasteiger partial charge in [-0.15, -0.1) is 0 Å². The summed E-state index contributed by atoms with van der Waals surface area (Å²) in [5.74, 6) is -2.42. The molecule has 0 spiro atoms. The molecule has 1 heterocycles. The predicted octanol–water partition coefficient (Wildman–Crippen LogP) is 1.18. The van der Waals surface area contributed by atoms with Crippen LogP contribution in [0, 0.1) is 0 Å². The lowest BCUT2D eigenvalue weighted by Gasteiger charge is -2.43. The average Bonchev–Trinajstić information content (AvgIpc) is 2.65. The number of alkyl halides is 1. The standard InChI is InChI=1S/C19H22ClNO8/c1-10(22)26-9-14-16(27-11(2)23)17(28-12(3)24)15(18(20)29-14)21-19(25)13-7-5-4-6-8-13/h4-8,14-18H,9H2,1-3H3,(H,21,25)/t14-,15-,16-,17-,18+/m1/s1. The number of amides is 1. The number of hydrogen-bond acceptors (Lipinski definition) is 8. The van der Waals surface area contributed by atoms with Gasteiger partial charge in [-0.2, -0.15) is 0 Å². The molecular formula is C19H22ClNO8. The number of rotatable bonds is 6. The van der Waals surface area contributed by atoms with Crippen LogP contribution in [0.2, 0.25) is 0 Å². The second kappa shape index (κ2) is 10.2. The van der Waals surface area contributed by atoms with E-state index in [0.29, 0.717) is 5.56 Å². The van der Waals surface area contributed by atoms with Crippen molar-refractivity contribution in [1.82, 2.24) is 5.32 Å². The van der Waals surface area contributed by atoms with E-state index in [1.54, 1.807) is 30.3 Å². The van der Waals surface area contributed by atoms with Gasteiger partial charge < -0.3 is 24.3 Å². The van der Waals surface area contributed by atoms with Gasteiger partial charge in [-0.3, -0.25) is 19.2 Å². The molecule has 1 aliphatic heterocycles. The van der Waals surface area contributed by atoms with E-state index in [-0.39, 0.29) is 6.61 Å². The van der Waals surface area contributed by atoms with E-state index in [9.17, 15) is 19.2 Å². The van der Waals surface area contributed by atoms with Gasteiger partial charge in [0.1, 0.15) is 18.8 Å². The van der Waals surface area contributed by atoms with Crippen molar-refractivity contribution in [2.75, 3.05) is 6.61 Å². The molecule has 0 aromatic heterocycles. The zero-order valence-corrected chi connectivity index (χ0v) is 16.9. The number of carbonyl (C=O) groups excluding carboxylic acids is 4. The Kier molecular flexibility index (Phi) is 7.98. The monoisotopic (exact) mass is 427 g/mol. The first kappa shape index (κ1) is 22.6. The van der Waals surface area contributed by atoms with Crippen LogP contribution in [0.5, 0.6) is 0 Å². The Bertz CT molecular complexity index is 756. The van der Waals surface area contributed by atoms with Crippen LogP contribution < -0.4 is 5.32 Å². The molecule has 0 aliphatic carbocycles. The highest BCUT2D eigenvalue weighted by atomic mass is 35.5. The number of carbonyl (C=O) groups is 4. The highest BCUT2D eigenvalue weighted by Crippen LogP contribution is 2.29. The maximum atomic E-state index is 12.6. The van der Waals surface area contributed by atoms with Crippen LogP contribution >= 0.6 is 11.6 Å². The number of ether oxygens (including phenoxy) is 4. The van der Waals surface area contributed by atoms with Gasteiger partial charge in [0.15, 0.2) is 17.8 Å². The van der Waals surface area contributed by atoms with Crippen LogP contribution in [0.15, 0.2) is 30.3 Å². The van der Waals surface area contributed by atoms with Crippen molar-refractivity contribution in [3.05, 3.63) is 35.9 Å². The minimum Gasteiger partial charge on any atom is -0.463 e. The summed E-state index contributed by atoms with van der Waals surface area (Å²) in [7, 11) is 0. The van der Waals surface area contributed by atoms with Crippen LogP contribution in [0.1, 0.15) is 31.1 Å². The van der Waals surface area contributed by atoms with Crippen molar-refractivity contribution in [3.8, 4) is 0 Å². The third kappa shape index (κ3) is 6.43. The van der Waals surface area contributed by atoms with E-state index in [1.807, 2.05) is 0 Å². The molecule has 1 aliphatic rings. The second-order valence-corrected chi connectivity index (χ2v) is 6.77. The Morgan fingerprint density at radius 1 is 0.966 bits per heavy atom. The third-order valence-electron chi connectivity index (χ3n) is 4.02. The van der Waals surface area contributed by atoms with E-state index >= 15 is 0 Å². The molecule has 0 saturated carbocycles. The summed E-state index contributed by atoms with van der Waals surface area (Å²) in [6.45, 7) is 3.25. The topological polar surface area (TPSA) is 117 Å². The summed E-state index contributed by atoms with van der Waals surface area (Å²) in [6, 6.07) is 7.27. The maximum Gasteiger partial charge on any atom is 0.303 e. The molecule has 9 nitrogen and oxygen atoms in total. The normalized spacial score (nSPS) is 26.1. The van der Waals surface area contributed by atoms with Gasteiger partial charge >= 0.3 is 17.9 Å². The molecule has 2 rings (SSSR count). The van der Waals surface area contributed by atoms with Gasteiger partial charge in [-0.1, -0.05) is 29.8 Å². The Labute approximate surface area is 172 Å². The first-order chi connectivity index (χ1) is 13.7. The van der Waals surface area contributed by atoms with Crippen molar-refractivity contribution in [2.24, 2.45) is 0 Å². The molecule has 0 unspecified atom stereocenters. The van der Waals surface area contributed by atoms with Crippen LogP contribution in [0.3, 0.4) is 0 Å². The Balaban J connectivity index is 2.30. The van der Waals surface area contributed by atoms with Crippen molar-refractivity contribution in [2.45, 2.75) is 50.7 Å².